The van der Waals surface area contributed by atoms with Crippen molar-refractivity contribution in [3.63, 3.8) is 0 Å². The molecule has 4 rings (SSSR count). The quantitative estimate of drug-likeness (QED) is 0.561. The first kappa shape index (κ1) is 21.6. The number of hydrogen-bond acceptors (Lipinski definition) is 2. The van der Waals surface area contributed by atoms with E-state index in [0.717, 1.165) is 28.7 Å². The van der Waals surface area contributed by atoms with Gasteiger partial charge in [0.05, 0.1) is 6.54 Å². The van der Waals surface area contributed by atoms with Gasteiger partial charge in [-0.2, -0.15) is 0 Å². The molecule has 2 bridgehead atoms. The molecule has 1 saturated carbocycles. The highest BCUT2D eigenvalue weighted by Crippen LogP contribution is 2.52. The summed E-state index contributed by atoms with van der Waals surface area (Å²) in [6.45, 7) is 9.18. The van der Waals surface area contributed by atoms with E-state index in [9.17, 15) is 5.11 Å². The van der Waals surface area contributed by atoms with E-state index in [4.69, 9.17) is 0 Å². The van der Waals surface area contributed by atoms with Crippen LogP contribution in [0.15, 0.2) is 59.1 Å². The molecule has 0 aromatic heterocycles. The van der Waals surface area contributed by atoms with Crippen molar-refractivity contribution in [3.8, 4) is 11.8 Å². The minimum Gasteiger partial charge on any atom is -0.379 e. The number of halogens is 1. The number of rotatable bonds is 4. The normalized spacial score (nSPS) is 27.2. The fourth-order valence-corrected chi connectivity index (χ4v) is 6.59. The van der Waals surface area contributed by atoms with E-state index in [1.165, 1.54) is 19.3 Å². The molecule has 2 aromatic carbocycles. The number of likely N-dealkylation sites (tertiary alicyclic amines) is 1. The van der Waals surface area contributed by atoms with Crippen LogP contribution < -0.4 is 0 Å². The first-order valence-corrected chi connectivity index (χ1v) is 11.7. The fourth-order valence-electron chi connectivity index (χ4n) is 5.97. The molecule has 2 aromatic rings. The molecule has 2 fully saturated rings. The van der Waals surface area contributed by atoms with E-state index in [0.29, 0.717) is 23.3 Å². The molecule has 30 heavy (non-hydrogen) atoms. The monoisotopic (exact) mass is 465 g/mol. The van der Waals surface area contributed by atoms with Crippen LogP contribution >= 0.6 is 15.9 Å². The van der Waals surface area contributed by atoms with Crippen LogP contribution in [-0.2, 0) is 5.60 Å². The number of fused-ring (bicyclic) bond motifs is 2. The number of hydrogen-bond donors (Lipinski definition) is 1. The summed E-state index contributed by atoms with van der Waals surface area (Å²) in [5.41, 5.74) is 1.44. The van der Waals surface area contributed by atoms with Gasteiger partial charge in [-0.05, 0) is 41.7 Å². The zero-order chi connectivity index (χ0) is 21.4. The van der Waals surface area contributed by atoms with Gasteiger partial charge in [-0.1, -0.05) is 97.1 Å². The van der Waals surface area contributed by atoms with E-state index in [1.54, 1.807) is 0 Å². The summed E-state index contributed by atoms with van der Waals surface area (Å²) in [6.07, 6.45) is 4.23. The first-order valence-electron chi connectivity index (χ1n) is 10.9. The Morgan fingerprint density at radius 1 is 1.03 bits per heavy atom. The molecule has 1 N–H and O–H groups in total. The smallest absolute Gasteiger partial charge is 0.127 e. The van der Waals surface area contributed by atoms with E-state index >= 15 is 0 Å². The third-order valence-electron chi connectivity index (χ3n) is 6.85. The van der Waals surface area contributed by atoms with Crippen molar-refractivity contribution in [1.29, 1.82) is 0 Å². The molecule has 2 nitrogen and oxygen atoms in total. The van der Waals surface area contributed by atoms with Crippen molar-refractivity contribution in [2.75, 3.05) is 13.1 Å². The maximum Gasteiger partial charge on any atom is 0.127 e. The molecule has 0 spiro atoms. The molecular formula is C27H32BrNO. The highest BCUT2D eigenvalue weighted by atomic mass is 79.9. The Morgan fingerprint density at radius 3 is 2.47 bits per heavy atom. The van der Waals surface area contributed by atoms with Crippen LogP contribution in [0.5, 0.6) is 0 Å². The minimum absolute atomic E-state index is 0.376. The lowest BCUT2D eigenvalue weighted by Gasteiger charge is -2.39. The summed E-state index contributed by atoms with van der Waals surface area (Å²) < 4.78 is 0.904. The van der Waals surface area contributed by atoms with Crippen molar-refractivity contribution in [3.05, 3.63) is 70.2 Å². The van der Waals surface area contributed by atoms with Crippen molar-refractivity contribution in [1.82, 2.24) is 4.90 Å². The van der Waals surface area contributed by atoms with E-state index in [2.05, 4.69) is 53.4 Å². The topological polar surface area (TPSA) is 23.5 Å². The Bertz CT molecular complexity index is 960. The van der Waals surface area contributed by atoms with Gasteiger partial charge >= 0.3 is 0 Å². The van der Waals surface area contributed by atoms with Crippen LogP contribution in [0.2, 0.25) is 0 Å². The van der Waals surface area contributed by atoms with Gasteiger partial charge in [0.2, 0.25) is 0 Å². The van der Waals surface area contributed by atoms with Crippen molar-refractivity contribution in [2.45, 2.75) is 58.1 Å². The van der Waals surface area contributed by atoms with Gasteiger partial charge in [0.25, 0.3) is 0 Å². The van der Waals surface area contributed by atoms with Crippen LogP contribution in [0.3, 0.4) is 0 Å². The Hall–Kier alpha value is -1.60. The van der Waals surface area contributed by atoms with Crippen molar-refractivity contribution >= 4 is 15.9 Å². The molecule has 2 aliphatic rings. The van der Waals surface area contributed by atoms with Crippen LogP contribution in [0.1, 0.15) is 57.6 Å². The van der Waals surface area contributed by atoms with Gasteiger partial charge in [-0.3, -0.25) is 4.90 Å². The van der Waals surface area contributed by atoms with Crippen LogP contribution in [0.25, 0.3) is 0 Å². The predicted molar refractivity (Wildman–Crippen MR) is 127 cm³/mol. The standard InChI is InChI=1S/C27H32BrNO/c1-25(2)17-22-18-26(3,19-25)20-29(22)16-10-9-15-27(30,21-11-5-4-6-12-21)23-13-7-8-14-24(23)28/h4-8,11-14,22,30H,15-20H2,1-3H3/t22-,26+,27+/m0/s1. The average Bonchev–Trinajstić information content (AvgIpc) is 2.94. The van der Waals surface area contributed by atoms with E-state index < -0.39 is 5.60 Å². The largest absolute Gasteiger partial charge is 0.379 e. The molecule has 3 heteroatoms. The van der Waals surface area contributed by atoms with Gasteiger partial charge in [-0.15, -0.1) is 0 Å². The maximum atomic E-state index is 11.7. The molecule has 1 heterocycles. The number of nitrogens with zero attached hydrogens (tertiary/aromatic N) is 1. The minimum atomic E-state index is -1.14. The van der Waals surface area contributed by atoms with Gasteiger partial charge in [0.15, 0.2) is 0 Å². The second-order valence-electron chi connectivity index (χ2n) is 10.4. The van der Waals surface area contributed by atoms with Crippen LogP contribution in [0.4, 0.5) is 0 Å². The molecule has 0 amide bonds. The molecule has 0 radical (unpaired) electrons. The maximum absolute atomic E-state index is 11.7. The Labute approximate surface area is 189 Å². The van der Waals surface area contributed by atoms with Crippen LogP contribution in [0, 0.1) is 22.7 Å². The predicted octanol–water partition coefficient (Wildman–Crippen LogP) is 5.98. The summed E-state index contributed by atoms with van der Waals surface area (Å²) in [5, 5.41) is 11.7. The highest BCUT2D eigenvalue weighted by molar-refractivity contribution is 9.10. The Balaban J connectivity index is 1.53. The molecule has 1 aliphatic heterocycles. The first-order chi connectivity index (χ1) is 14.2. The molecule has 1 saturated heterocycles. The number of benzene rings is 2. The zero-order valence-corrected chi connectivity index (χ0v) is 19.9. The molecule has 1 aliphatic carbocycles. The van der Waals surface area contributed by atoms with Crippen molar-refractivity contribution < 1.29 is 5.11 Å². The lowest BCUT2D eigenvalue weighted by molar-refractivity contribution is 0.0857. The lowest BCUT2D eigenvalue weighted by atomic mass is 9.65. The third kappa shape index (κ3) is 4.37. The third-order valence-corrected chi connectivity index (χ3v) is 7.54. The summed E-state index contributed by atoms with van der Waals surface area (Å²) in [5.74, 6) is 6.73. The van der Waals surface area contributed by atoms with E-state index in [1.807, 2.05) is 54.6 Å². The summed E-state index contributed by atoms with van der Waals surface area (Å²) >= 11 is 3.62. The second kappa shape index (κ2) is 8.15. The Kier molecular flexibility index (Phi) is 5.88. The SMILES string of the molecule is CC1(C)C[C@H]2C[C@@](C)(CN2CC#CC[C@@](O)(c2ccccc2)c2ccccc2Br)C1. The molecule has 3 atom stereocenters. The molecular weight excluding hydrogens is 434 g/mol. The van der Waals surface area contributed by atoms with Gasteiger partial charge < -0.3 is 5.11 Å². The highest BCUT2D eigenvalue weighted by Gasteiger charge is 2.49. The second-order valence-corrected chi connectivity index (χ2v) is 11.2. The fraction of sp³-hybridized carbons (Fsp3) is 0.481. The van der Waals surface area contributed by atoms with Crippen LogP contribution in [-0.4, -0.2) is 29.1 Å². The average molecular weight is 466 g/mol. The van der Waals surface area contributed by atoms with E-state index in [-0.39, 0.29) is 0 Å². The lowest BCUT2D eigenvalue weighted by Crippen LogP contribution is -2.34. The Morgan fingerprint density at radius 2 is 1.73 bits per heavy atom. The zero-order valence-electron chi connectivity index (χ0n) is 18.3. The number of aliphatic hydroxyl groups is 1. The van der Waals surface area contributed by atoms with Gasteiger partial charge in [0.1, 0.15) is 5.60 Å². The van der Waals surface area contributed by atoms with Gasteiger partial charge in [-0.25, -0.2) is 0 Å². The molecule has 0 unspecified atom stereocenters. The molecule has 158 valence electrons. The summed E-state index contributed by atoms with van der Waals surface area (Å²) in [4.78, 5) is 2.57. The van der Waals surface area contributed by atoms with Gasteiger partial charge in [0, 0.05) is 29.0 Å². The van der Waals surface area contributed by atoms with Crippen molar-refractivity contribution in [2.24, 2.45) is 10.8 Å². The summed E-state index contributed by atoms with van der Waals surface area (Å²) in [6, 6.07) is 18.4. The summed E-state index contributed by atoms with van der Waals surface area (Å²) in [7, 11) is 0.